The zero-order chi connectivity index (χ0) is 21.9. The molecule has 3 nitrogen and oxygen atoms in total. The van der Waals surface area contributed by atoms with E-state index in [1.165, 1.54) is 29.5 Å². The number of benzene rings is 2. The summed E-state index contributed by atoms with van der Waals surface area (Å²) in [5, 5.41) is 0. The van der Waals surface area contributed by atoms with Crippen molar-refractivity contribution >= 4 is 5.97 Å². The molecule has 1 unspecified atom stereocenters. The number of esters is 1. The molecule has 1 atom stereocenters. The van der Waals surface area contributed by atoms with Gasteiger partial charge in [-0.15, -0.1) is 0 Å². The Bertz CT molecular complexity index is 834. The molecule has 0 aromatic heterocycles. The van der Waals surface area contributed by atoms with Crippen molar-refractivity contribution in [2.45, 2.75) is 71.1 Å². The van der Waals surface area contributed by atoms with E-state index in [1.54, 1.807) is 0 Å². The summed E-state index contributed by atoms with van der Waals surface area (Å²) in [6.45, 7) is 5.62. The average Bonchev–Trinajstić information content (AvgIpc) is 2.83. The Hall–Kier alpha value is -2.55. The smallest absolute Gasteiger partial charge is 0.333 e. The lowest BCUT2D eigenvalue weighted by Crippen LogP contribution is -2.14. The van der Waals surface area contributed by atoms with Crippen molar-refractivity contribution in [1.82, 2.24) is 0 Å². The highest BCUT2D eigenvalue weighted by Gasteiger charge is 2.21. The maximum absolute atomic E-state index is 12.1. The number of hydrogen-bond acceptors (Lipinski definition) is 3. The molecule has 2 aromatic rings. The molecule has 0 N–H and O–H groups in total. The Morgan fingerprint density at radius 1 is 0.871 bits per heavy atom. The summed E-state index contributed by atoms with van der Waals surface area (Å²) >= 11 is 0. The molecule has 1 aliphatic rings. The number of carbonyl (C=O) groups is 1. The summed E-state index contributed by atoms with van der Waals surface area (Å²) in [5.41, 5.74) is 4.61. The van der Waals surface area contributed by atoms with Gasteiger partial charge < -0.3 is 9.47 Å². The van der Waals surface area contributed by atoms with Gasteiger partial charge in [0.1, 0.15) is 5.75 Å². The standard InChI is InChI=1S/C28H36O3/c1-3-5-7-21-30-27-18-16-25(17-19-27)23-10-8-22(9-11-23)24-12-14-26(15-13-24)28(29)31-20-6-4-2/h8-11,14,16-19,24H,3-7,12-13,15,20-21H2,1-2H3. The number of ether oxygens (including phenoxy) is 2. The second-order valence-electron chi connectivity index (χ2n) is 8.39. The van der Waals surface area contributed by atoms with Gasteiger partial charge >= 0.3 is 5.97 Å². The highest BCUT2D eigenvalue weighted by molar-refractivity contribution is 5.88. The van der Waals surface area contributed by atoms with Gasteiger partial charge in [-0.05, 0) is 66.8 Å². The summed E-state index contributed by atoms with van der Waals surface area (Å²) in [4.78, 5) is 12.1. The molecule has 0 radical (unpaired) electrons. The van der Waals surface area contributed by atoms with E-state index in [-0.39, 0.29) is 5.97 Å². The molecular weight excluding hydrogens is 384 g/mol. The lowest BCUT2D eigenvalue weighted by molar-refractivity contribution is -0.139. The minimum atomic E-state index is -0.125. The van der Waals surface area contributed by atoms with Gasteiger partial charge in [0.05, 0.1) is 13.2 Å². The zero-order valence-corrected chi connectivity index (χ0v) is 19.1. The number of carbonyl (C=O) groups excluding carboxylic acids is 1. The lowest BCUT2D eigenvalue weighted by atomic mass is 9.84. The Morgan fingerprint density at radius 3 is 2.16 bits per heavy atom. The van der Waals surface area contributed by atoms with E-state index >= 15 is 0 Å². The molecule has 0 saturated carbocycles. The predicted octanol–water partition coefficient (Wildman–Crippen LogP) is 7.46. The third kappa shape index (κ3) is 6.99. The minimum absolute atomic E-state index is 0.125. The number of rotatable bonds is 11. The fourth-order valence-corrected chi connectivity index (χ4v) is 3.96. The lowest BCUT2D eigenvalue weighted by Gasteiger charge is -2.22. The van der Waals surface area contributed by atoms with Crippen molar-refractivity contribution in [2.75, 3.05) is 13.2 Å². The summed E-state index contributed by atoms with van der Waals surface area (Å²) in [5.74, 6) is 1.29. The van der Waals surface area contributed by atoms with Crippen LogP contribution in [0.5, 0.6) is 5.75 Å². The van der Waals surface area contributed by atoms with Gasteiger partial charge in [-0.3, -0.25) is 0 Å². The molecule has 0 fully saturated rings. The van der Waals surface area contributed by atoms with Crippen LogP contribution in [0.3, 0.4) is 0 Å². The topological polar surface area (TPSA) is 35.5 Å². The first-order valence-electron chi connectivity index (χ1n) is 11.9. The van der Waals surface area contributed by atoms with Crippen molar-refractivity contribution in [2.24, 2.45) is 0 Å². The van der Waals surface area contributed by atoms with Gasteiger partial charge in [0.2, 0.25) is 0 Å². The molecule has 2 aromatic carbocycles. The van der Waals surface area contributed by atoms with E-state index in [1.807, 2.05) is 0 Å². The molecule has 0 bridgehead atoms. The summed E-state index contributed by atoms with van der Waals surface area (Å²) in [6.07, 6.45) is 10.3. The third-order valence-electron chi connectivity index (χ3n) is 5.99. The Morgan fingerprint density at radius 2 is 1.55 bits per heavy atom. The van der Waals surface area contributed by atoms with Crippen molar-refractivity contribution in [3.05, 3.63) is 65.7 Å². The largest absolute Gasteiger partial charge is 0.494 e. The molecule has 3 rings (SSSR count). The van der Waals surface area contributed by atoms with Crippen molar-refractivity contribution in [3.8, 4) is 16.9 Å². The van der Waals surface area contributed by atoms with Gasteiger partial charge in [-0.2, -0.15) is 0 Å². The second-order valence-corrected chi connectivity index (χ2v) is 8.39. The summed E-state index contributed by atoms with van der Waals surface area (Å²) < 4.78 is 11.2. The first kappa shape index (κ1) is 23.1. The molecule has 31 heavy (non-hydrogen) atoms. The van der Waals surface area contributed by atoms with Crippen molar-refractivity contribution in [1.29, 1.82) is 0 Å². The monoisotopic (exact) mass is 420 g/mol. The summed E-state index contributed by atoms with van der Waals surface area (Å²) in [6, 6.07) is 17.2. The molecular formula is C28H36O3. The van der Waals surface area contributed by atoms with Crippen LogP contribution in [0.2, 0.25) is 0 Å². The summed E-state index contributed by atoms with van der Waals surface area (Å²) in [7, 11) is 0. The molecule has 0 heterocycles. The van der Waals surface area contributed by atoms with E-state index < -0.39 is 0 Å². The molecule has 0 amide bonds. The van der Waals surface area contributed by atoms with E-state index in [0.717, 1.165) is 56.5 Å². The fourth-order valence-electron chi connectivity index (χ4n) is 3.96. The quantitative estimate of drug-likeness (QED) is 0.279. The van der Waals surface area contributed by atoms with Gasteiger partial charge in [0.15, 0.2) is 0 Å². The van der Waals surface area contributed by atoms with Crippen LogP contribution < -0.4 is 4.74 Å². The predicted molar refractivity (Wildman–Crippen MR) is 127 cm³/mol. The molecule has 166 valence electrons. The molecule has 3 heteroatoms. The van der Waals surface area contributed by atoms with Crippen LogP contribution in [0, 0.1) is 0 Å². The fraction of sp³-hybridized carbons (Fsp3) is 0.464. The van der Waals surface area contributed by atoms with Crippen molar-refractivity contribution in [3.63, 3.8) is 0 Å². The Balaban J connectivity index is 1.53. The molecule has 0 saturated heterocycles. The van der Waals surface area contributed by atoms with E-state index in [4.69, 9.17) is 9.47 Å². The first-order chi connectivity index (χ1) is 15.2. The van der Waals surface area contributed by atoms with Gasteiger partial charge in [0, 0.05) is 5.57 Å². The normalized spacial score (nSPS) is 15.9. The number of allylic oxidation sites excluding steroid dienone is 1. The second kappa shape index (κ2) is 12.3. The van der Waals surface area contributed by atoms with Crippen LogP contribution in [0.15, 0.2) is 60.2 Å². The Labute approximate surface area is 187 Å². The zero-order valence-electron chi connectivity index (χ0n) is 19.1. The van der Waals surface area contributed by atoms with Crippen molar-refractivity contribution < 1.29 is 14.3 Å². The highest BCUT2D eigenvalue weighted by Crippen LogP contribution is 2.33. The van der Waals surface area contributed by atoms with Gasteiger partial charge in [-0.1, -0.05) is 75.6 Å². The van der Waals surface area contributed by atoms with Gasteiger partial charge in [0.25, 0.3) is 0 Å². The van der Waals surface area contributed by atoms with Crippen LogP contribution in [-0.4, -0.2) is 19.2 Å². The van der Waals surface area contributed by atoms with Crippen LogP contribution >= 0.6 is 0 Å². The van der Waals surface area contributed by atoms with E-state index in [9.17, 15) is 4.79 Å². The van der Waals surface area contributed by atoms with E-state index in [0.29, 0.717) is 12.5 Å². The first-order valence-corrected chi connectivity index (χ1v) is 11.9. The number of hydrogen-bond donors (Lipinski definition) is 0. The van der Waals surface area contributed by atoms with Crippen LogP contribution in [0.25, 0.3) is 11.1 Å². The third-order valence-corrected chi connectivity index (χ3v) is 5.99. The van der Waals surface area contributed by atoms with E-state index in [2.05, 4.69) is 68.5 Å². The molecule has 0 aliphatic heterocycles. The van der Waals surface area contributed by atoms with Gasteiger partial charge in [-0.25, -0.2) is 4.79 Å². The average molecular weight is 421 g/mol. The SMILES string of the molecule is CCCCCOc1ccc(-c2ccc(C3CC=C(C(=O)OCCCC)CC3)cc2)cc1. The maximum Gasteiger partial charge on any atom is 0.333 e. The van der Waals surface area contributed by atoms with Crippen LogP contribution in [0.1, 0.15) is 76.7 Å². The van der Waals surface area contributed by atoms with Crippen LogP contribution in [-0.2, 0) is 9.53 Å². The minimum Gasteiger partial charge on any atom is -0.494 e. The Kier molecular flexibility index (Phi) is 9.20. The number of unbranched alkanes of at least 4 members (excludes halogenated alkanes) is 3. The van der Waals surface area contributed by atoms with Crippen LogP contribution in [0.4, 0.5) is 0 Å². The molecule has 1 aliphatic carbocycles. The molecule has 0 spiro atoms. The highest BCUT2D eigenvalue weighted by atomic mass is 16.5. The maximum atomic E-state index is 12.1.